The Balaban J connectivity index is 1.76. The number of carbonyl (C=O) groups is 2. The van der Waals surface area contributed by atoms with Gasteiger partial charge in [-0.15, -0.1) is 0 Å². The third-order valence-electron chi connectivity index (χ3n) is 6.75. The minimum atomic E-state index is -0.146. The third kappa shape index (κ3) is 3.63. The van der Waals surface area contributed by atoms with Crippen molar-refractivity contribution in [3.63, 3.8) is 0 Å². The van der Waals surface area contributed by atoms with E-state index in [0.717, 1.165) is 50.5 Å². The Morgan fingerprint density at radius 2 is 1.88 bits per heavy atom. The van der Waals surface area contributed by atoms with E-state index in [1.165, 1.54) is 5.57 Å². The summed E-state index contributed by atoms with van der Waals surface area (Å²) in [6, 6.07) is 0. The molecule has 3 nitrogen and oxygen atoms in total. The lowest BCUT2D eigenvalue weighted by molar-refractivity contribution is -0.128. The second-order valence-electron chi connectivity index (χ2n) is 9.64. The predicted octanol–water partition coefficient (Wildman–Crippen LogP) is 5.03. The number of hydrogen-bond donors (Lipinski definition) is 0. The summed E-state index contributed by atoms with van der Waals surface area (Å²) in [5.74, 6) is 1.75. The molecule has 0 spiro atoms. The van der Waals surface area contributed by atoms with E-state index >= 15 is 0 Å². The lowest BCUT2D eigenvalue weighted by atomic mass is 9.58. The summed E-state index contributed by atoms with van der Waals surface area (Å²) in [6.07, 6.45) is 7.15. The van der Waals surface area contributed by atoms with E-state index in [1.54, 1.807) is 0 Å². The largest absolute Gasteiger partial charge is 0.373 e. The number of carbonyl (C=O) groups excluding carboxylic acids is 2. The average molecular weight is 347 g/mol. The fraction of sp³-hybridized carbons (Fsp3) is 0.818. The summed E-state index contributed by atoms with van der Waals surface area (Å²) in [6.45, 7) is 10.5. The van der Waals surface area contributed by atoms with Gasteiger partial charge in [-0.1, -0.05) is 12.5 Å². The molecule has 0 heterocycles. The highest BCUT2D eigenvalue weighted by Crippen LogP contribution is 2.57. The molecule has 3 aliphatic rings. The van der Waals surface area contributed by atoms with Gasteiger partial charge in [0.05, 0.1) is 11.7 Å². The van der Waals surface area contributed by atoms with E-state index in [4.69, 9.17) is 4.74 Å². The van der Waals surface area contributed by atoms with Gasteiger partial charge in [0.1, 0.15) is 5.78 Å². The van der Waals surface area contributed by atoms with Crippen LogP contribution in [0.15, 0.2) is 11.1 Å². The van der Waals surface area contributed by atoms with Crippen LogP contribution in [-0.4, -0.2) is 23.3 Å². The molecule has 2 fully saturated rings. The van der Waals surface area contributed by atoms with E-state index in [1.807, 2.05) is 0 Å². The highest BCUT2D eigenvalue weighted by atomic mass is 16.5. The van der Waals surface area contributed by atoms with Crippen molar-refractivity contribution in [2.24, 2.45) is 17.3 Å². The highest BCUT2D eigenvalue weighted by Gasteiger charge is 2.53. The topological polar surface area (TPSA) is 43.4 Å². The van der Waals surface area contributed by atoms with Crippen LogP contribution in [0.4, 0.5) is 0 Å². The van der Waals surface area contributed by atoms with Gasteiger partial charge in [0.15, 0.2) is 5.78 Å². The molecule has 0 aromatic carbocycles. The van der Waals surface area contributed by atoms with Crippen LogP contribution in [0, 0.1) is 17.3 Å². The van der Waals surface area contributed by atoms with Crippen LogP contribution < -0.4 is 0 Å². The van der Waals surface area contributed by atoms with Crippen LogP contribution in [0.25, 0.3) is 0 Å². The number of hydrogen-bond acceptors (Lipinski definition) is 3. The first-order chi connectivity index (χ1) is 11.6. The van der Waals surface area contributed by atoms with E-state index < -0.39 is 0 Å². The van der Waals surface area contributed by atoms with Gasteiger partial charge in [-0.25, -0.2) is 0 Å². The lowest BCUT2D eigenvalue weighted by Crippen LogP contribution is -2.40. The maximum Gasteiger partial charge on any atom is 0.158 e. The molecule has 0 amide bonds. The molecule has 4 atom stereocenters. The van der Waals surface area contributed by atoms with Crippen LogP contribution >= 0.6 is 0 Å². The molecular weight excluding hydrogens is 312 g/mol. The number of allylic oxidation sites excluding steroid dienone is 2. The first-order valence-corrected chi connectivity index (χ1v) is 10.1. The van der Waals surface area contributed by atoms with Crippen molar-refractivity contribution in [3.8, 4) is 0 Å². The Morgan fingerprint density at radius 1 is 1.16 bits per heavy atom. The van der Waals surface area contributed by atoms with Gasteiger partial charge < -0.3 is 4.74 Å². The Hall–Kier alpha value is -0.960. The van der Waals surface area contributed by atoms with Crippen molar-refractivity contribution in [1.29, 1.82) is 0 Å². The zero-order chi connectivity index (χ0) is 18.4. The van der Waals surface area contributed by atoms with Gasteiger partial charge in [0, 0.05) is 18.3 Å². The third-order valence-corrected chi connectivity index (χ3v) is 6.75. The molecule has 2 saturated carbocycles. The first-order valence-electron chi connectivity index (χ1n) is 10.1. The van der Waals surface area contributed by atoms with Crippen molar-refractivity contribution in [2.75, 3.05) is 0 Å². The van der Waals surface area contributed by atoms with E-state index in [0.29, 0.717) is 29.8 Å². The minimum absolute atomic E-state index is 0.123. The summed E-state index contributed by atoms with van der Waals surface area (Å²) < 4.78 is 6.02. The molecule has 3 unspecified atom stereocenters. The van der Waals surface area contributed by atoms with Crippen LogP contribution in [0.5, 0.6) is 0 Å². The molecule has 0 radical (unpaired) electrons. The van der Waals surface area contributed by atoms with E-state index in [9.17, 15) is 9.59 Å². The lowest BCUT2D eigenvalue weighted by Gasteiger charge is -2.45. The molecule has 0 aromatic heterocycles. The van der Waals surface area contributed by atoms with Crippen LogP contribution in [0.3, 0.4) is 0 Å². The van der Waals surface area contributed by atoms with Crippen LogP contribution in [0.2, 0.25) is 0 Å². The molecule has 0 saturated heterocycles. The molecule has 0 aliphatic heterocycles. The van der Waals surface area contributed by atoms with Crippen LogP contribution in [-0.2, 0) is 14.3 Å². The van der Waals surface area contributed by atoms with Gasteiger partial charge in [0.2, 0.25) is 0 Å². The fourth-order valence-corrected chi connectivity index (χ4v) is 5.57. The molecular formula is C22H34O3. The molecule has 140 valence electrons. The number of Topliss-reactive ketones (excluding diaryl/α,β-unsaturated/α-hetero) is 2. The van der Waals surface area contributed by atoms with Crippen LogP contribution in [0.1, 0.15) is 86.0 Å². The Morgan fingerprint density at radius 3 is 2.56 bits per heavy atom. The number of fused-ring (bicyclic) bond motifs is 3. The molecule has 3 aliphatic carbocycles. The summed E-state index contributed by atoms with van der Waals surface area (Å²) in [7, 11) is 0. The molecule has 25 heavy (non-hydrogen) atoms. The van der Waals surface area contributed by atoms with E-state index in [2.05, 4.69) is 34.6 Å². The summed E-state index contributed by atoms with van der Waals surface area (Å²) in [4.78, 5) is 25.0. The quantitative estimate of drug-likeness (QED) is 0.717. The average Bonchev–Trinajstić information content (AvgIpc) is 2.80. The van der Waals surface area contributed by atoms with E-state index in [-0.39, 0.29) is 17.1 Å². The zero-order valence-electron chi connectivity index (χ0n) is 16.6. The van der Waals surface area contributed by atoms with Crippen molar-refractivity contribution in [1.82, 2.24) is 0 Å². The molecule has 3 rings (SSSR count). The molecule has 0 N–H and O–H groups in total. The van der Waals surface area contributed by atoms with Crippen molar-refractivity contribution < 1.29 is 14.3 Å². The number of ether oxygens (including phenoxy) is 1. The molecule has 3 heteroatoms. The summed E-state index contributed by atoms with van der Waals surface area (Å²) in [5.41, 5.74) is 2.22. The number of ketones is 2. The summed E-state index contributed by atoms with van der Waals surface area (Å²) >= 11 is 0. The molecule has 0 bridgehead atoms. The fourth-order valence-electron chi connectivity index (χ4n) is 5.57. The standard InChI is InChI=1S/C22H34O3/c1-14(25-21(2,3)4)6-7-17-15-12-13-22(5)18(9-11-20(22)24)16(15)8-10-19(17)23/h14,16,18H,6-13H2,1-5H3/t14?,16?,18?,22-/m1/s1. The monoisotopic (exact) mass is 346 g/mol. The normalized spacial score (nSPS) is 34.1. The van der Waals surface area contributed by atoms with Crippen molar-refractivity contribution in [3.05, 3.63) is 11.1 Å². The Labute approximate surface area is 152 Å². The minimum Gasteiger partial charge on any atom is -0.373 e. The van der Waals surface area contributed by atoms with Gasteiger partial charge in [-0.3, -0.25) is 9.59 Å². The van der Waals surface area contributed by atoms with Gasteiger partial charge in [-0.2, -0.15) is 0 Å². The maximum atomic E-state index is 12.6. The highest BCUT2D eigenvalue weighted by molar-refractivity contribution is 5.97. The smallest absolute Gasteiger partial charge is 0.158 e. The first kappa shape index (κ1) is 18.8. The molecule has 0 aromatic rings. The van der Waals surface area contributed by atoms with Crippen molar-refractivity contribution in [2.45, 2.75) is 97.7 Å². The summed E-state index contributed by atoms with van der Waals surface area (Å²) in [5, 5.41) is 0. The predicted molar refractivity (Wildman–Crippen MR) is 99.4 cm³/mol. The van der Waals surface area contributed by atoms with Crippen molar-refractivity contribution >= 4 is 11.6 Å². The second-order valence-corrected chi connectivity index (χ2v) is 9.64. The SMILES string of the molecule is CC(CCC1=C2CC[C@@]3(C)C(=O)CCC3C2CCC1=O)OC(C)(C)C. The van der Waals surface area contributed by atoms with Gasteiger partial charge in [0.25, 0.3) is 0 Å². The Kier molecular flexibility index (Phi) is 5.00. The van der Waals surface area contributed by atoms with Gasteiger partial charge in [-0.05, 0) is 83.6 Å². The maximum absolute atomic E-state index is 12.6. The number of rotatable bonds is 4. The Bertz CT molecular complexity index is 595. The zero-order valence-corrected chi connectivity index (χ0v) is 16.6. The van der Waals surface area contributed by atoms with Gasteiger partial charge >= 0.3 is 0 Å². The second kappa shape index (κ2) is 6.64.